The Balaban J connectivity index is 0.00000363. The normalized spacial score (nSPS) is 15.0. The molecular weight excluding hydrogens is 517 g/mol. The largest absolute Gasteiger partial charge is 0.359 e. The zero-order valence-electron chi connectivity index (χ0n) is 19.8. The quantitative estimate of drug-likeness (QED) is 0.278. The van der Waals surface area contributed by atoms with Crippen LogP contribution in [0, 0.1) is 0 Å². The Bertz CT molecular complexity index is 812. The fourth-order valence-corrected chi connectivity index (χ4v) is 3.73. The SMILES string of the molecule is CCNC(=NCc1ccc(N2CCN(C)CC2)nc1)NCc1cc(C(CC)CC)no1.I. The van der Waals surface area contributed by atoms with Gasteiger partial charge in [0.2, 0.25) is 0 Å². The summed E-state index contributed by atoms with van der Waals surface area (Å²) in [5.41, 5.74) is 2.13. The summed E-state index contributed by atoms with van der Waals surface area (Å²) < 4.78 is 5.51. The maximum Gasteiger partial charge on any atom is 0.191 e. The van der Waals surface area contributed by atoms with Gasteiger partial charge in [0.1, 0.15) is 5.82 Å². The number of hydrogen-bond donors (Lipinski definition) is 2. The summed E-state index contributed by atoms with van der Waals surface area (Å²) >= 11 is 0. The highest BCUT2D eigenvalue weighted by Gasteiger charge is 2.15. The summed E-state index contributed by atoms with van der Waals surface area (Å²) in [7, 11) is 2.16. The van der Waals surface area contributed by atoms with E-state index >= 15 is 0 Å². The Morgan fingerprint density at radius 1 is 1.12 bits per heavy atom. The van der Waals surface area contributed by atoms with Crippen LogP contribution in [-0.4, -0.2) is 60.8 Å². The summed E-state index contributed by atoms with van der Waals surface area (Å²) in [6.07, 6.45) is 4.07. The van der Waals surface area contributed by atoms with Gasteiger partial charge in [0.15, 0.2) is 11.7 Å². The minimum atomic E-state index is 0. The molecule has 1 saturated heterocycles. The topological polar surface area (TPSA) is 81.8 Å². The van der Waals surface area contributed by atoms with Crippen LogP contribution in [0.3, 0.4) is 0 Å². The molecule has 3 heterocycles. The van der Waals surface area contributed by atoms with Crippen LogP contribution < -0.4 is 15.5 Å². The number of guanidine groups is 1. The molecule has 2 aromatic rings. The van der Waals surface area contributed by atoms with Crippen LogP contribution in [0.25, 0.3) is 0 Å². The van der Waals surface area contributed by atoms with E-state index in [1.54, 1.807) is 0 Å². The van der Waals surface area contributed by atoms with Crippen molar-refractivity contribution in [3.05, 3.63) is 41.4 Å². The number of piperazine rings is 1. The van der Waals surface area contributed by atoms with Crippen molar-refractivity contribution < 1.29 is 4.52 Å². The van der Waals surface area contributed by atoms with Gasteiger partial charge in [-0.05, 0) is 38.4 Å². The fraction of sp³-hybridized carbons (Fsp3) is 0.609. The highest BCUT2D eigenvalue weighted by atomic mass is 127. The van der Waals surface area contributed by atoms with Crippen molar-refractivity contribution in [1.29, 1.82) is 0 Å². The molecule has 0 atom stereocenters. The number of halogens is 1. The van der Waals surface area contributed by atoms with Crippen molar-refractivity contribution >= 4 is 35.8 Å². The lowest BCUT2D eigenvalue weighted by molar-refractivity contribution is 0.312. The third-order valence-electron chi connectivity index (χ3n) is 5.81. The molecule has 2 aromatic heterocycles. The van der Waals surface area contributed by atoms with E-state index in [9.17, 15) is 0 Å². The predicted octanol–water partition coefficient (Wildman–Crippen LogP) is 3.60. The standard InChI is InChI=1S/C23H37N7O.HI/c1-5-19(6-2)21-14-20(31-28-21)17-27-23(24-7-3)26-16-18-8-9-22(25-15-18)30-12-10-29(4)11-13-30;/h8-9,14-15,19H,5-7,10-13,16-17H2,1-4H3,(H2,24,26,27);1H. The van der Waals surface area contributed by atoms with Gasteiger partial charge in [-0.15, -0.1) is 24.0 Å². The fourth-order valence-electron chi connectivity index (χ4n) is 3.73. The molecule has 3 rings (SSSR count). The molecule has 2 N–H and O–H groups in total. The van der Waals surface area contributed by atoms with Gasteiger partial charge in [0.25, 0.3) is 0 Å². The van der Waals surface area contributed by atoms with E-state index in [-0.39, 0.29) is 24.0 Å². The first-order chi connectivity index (χ1) is 15.1. The first kappa shape index (κ1) is 26.4. The number of rotatable bonds is 9. The van der Waals surface area contributed by atoms with E-state index in [0.717, 1.165) is 74.4 Å². The van der Waals surface area contributed by atoms with Crippen molar-refractivity contribution in [2.75, 3.05) is 44.7 Å². The molecule has 178 valence electrons. The van der Waals surface area contributed by atoms with Gasteiger partial charge >= 0.3 is 0 Å². The van der Waals surface area contributed by atoms with Gasteiger partial charge in [0, 0.05) is 50.9 Å². The number of anilines is 1. The monoisotopic (exact) mass is 555 g/mol. The van der Waals surface area contributed by atoms with Gasteiger partial charge in [-0.2, -0.15) is 0 Å². The molecular formula is C23H38IN7O. The third-order valence-corrected chi connectivity index (χ3v) is 5.81. The number of aromatic nitrogens is 2. The van der Waals surface area contributed by atoms with E-state index in [1.165, 1.54) is 0 Å². The van der Waals surface area contributed by atoms with Crippen LogP contribution in [0.4, 0.5) is 5.82 Å². The second-order valence-corrected chi connectivity index (χ2v) is 8.10. The highest BCUT2D eigenvalue weighted by molar-refractivity contribution is 14.0. The molecule has 1 aliphatic heterocycles. The Labute approximate surface area is 209 Å². The van der Waals surface area contributed by atoms with Crippen LogP contribution in [0.5, 0.6) is 0 Å². The number of likely N-dealkylation sites (N-methyl/N-ethyl adjacent to an activating group) is 1. The summed E-state index contributed by atoms with van der Waals surface area (Å²) in [6, 6.07) is 6.27. The Hall–Kier alpha value is -1.88. The smallest absolute Gasteiger partial charge is 0.191 e. The molecule has 0 aliphatic carbocycles. The lowest BCUT2D eigenvalue weighted by Crippen LogP contribution is -2.44. The number of hydrogen-bond acceptors (Lipinski definition) is 6. The third kappa shape index (κ3) is 7.61. The van der Waals surface area contributed by atoms with E-state index in [0.29, 0.717) is 19.0 Å². The molecule has 32 heavy (non-hydrogen) atoms. The van der Waals surface area contributed by atoms with Crippen molar-refractivity contribution in [3.8, 4) is 0 Å². The number of nitrogens with zero attached hydrogens (tertiary/aromatic N) is 5. The Kier molecular flexibility index (Phi) is 11.2. The van der Waals surface area contributed by atoms with Crippen LogP contribution >= 0.6 is 24.0 Å². The lowest BCUT2D eigenvalue weighted by atomic mass is 9.99. The van der Waals surface area contributed by atoms with Gasteiger partial charge in [-0.25, -0.2) is 9.98 Å². The van der Waals surface area contributed by atoms with Crippen LogP contribution in [-0.2, 0) is 13.1 Å². The summed E-state index contributed by atoms with van der Waals surface area (Å²) in [5.74, 6) is 3.09. The summed E-state index contributed by atoms with van der Waals surface area (Å²) in [4.78, 5) is 14.0. The molecule has 0 amide bonds. The van der Waals surface area contributed by atoms with Gasteiger partial charge < -0.3 is 25.0 Å². The number of aliphatic imine (C=N–C) groups is 1. The second kappa shape index (κ2) is 13.6. The molecule has 0 unspecified atom stereocenters. The maximum absolute atomic E-state index is 5.51. The first-order valence-electron chi connectivity index (χ1n) is 11.5. The summed E-state index contributed by atoms with van der Waals surface area (Å²) in [5, 5.41) is 10.9. The predicted molar refractivity (Wildman–Crippen MR) is 141 cm³/mol. The molecule has 0 bridgehead atoms. The minimum absolute atomic E-state index is 0. The molecule has 0 spiro atoms. The maximum atomic E-state index is 5.51. The average molecular weight is 556 g/mol. The molecule has 1 aliphatic rings. The van der Waals surface area contributed by atoms with Gasteiger partial charge in [0.05, 0.1) is 18.8 Å². The molecule has 1 fully saturated rings. The van der Waals surface area contributed by atoms with Crippen molar-refractivity contribution in [3.63, 3.8) is 0 Å². The van der Waals surface area contributed by atoms with Gasteiger partial charge in [-0.3, -0.25) is 0 Å². The summed E-state index contributed by atoms with van der Waals surface area (Å²) in [6.45, 7) is 12.6. The van der Waals surface area contributed by atoms with Crippen LogP contribution in [0.2, 0.25) is 0 Å². The van der Waals surface area contributed by atoms with Gasteiger partial charge in [-0.1, -0.05) is 25.1 Å². The van der Waals surface area contributed by atoms with Crippen LogP contribution in [0.15, 0.2) is 33.9 Å². The second-order valence-electron chi connectivity index (χ2n) is 8.10. The molecule has 8 nitrogen and oxygen atoms in total. The van der Waals surface area contributed by atoms with E-state index in [2.05, 4.69) is 76.6 Å². The van der Waals surface area contributed by atoms with E-state index in [4.69, 9.17) is 9.52 Å². The van der Waals surface area contributed by atoms with E-state index < -0.39 is 0 Å². The zero-order valence-corrected chi connectivity index (χ0v) is 22.1. The number of pyridine rings is 1. The molecule has 9 heteroatoms. The minimum Gasteiger partial charge on any atom is -0.359 e. The number of nitrogens with one attached hydrogen (secondary N) is 2. The van der Waals surface area contributed by atoms with Crippen molar-refractivity contribution in [2.24, 2.45) is 4.99 Å². The highest BCUT2D eigenvalue weighted by Crippen LogP contribution is 2.22. The molecule has 0 saturated carbocycles. The zero-order chi connectivity index (χ0) is 22.1. The Morgan fingerprint density at radius 2 is 1.88 bits per heavy atom. The lowest BCUT2D eigenvalue weighted by Gasteiger charge is -2.33. The van der Waals surface area contributed by atoms with Crippen molar-refractivity contribution in [2.45, 2.75) is 52.6 Å². The average Bonchev–Trinajstić information content (AvgIpc) is 3.26. The first-order valence-corrected chi connectivity index (χ1v) is 11.5. The van der Waals surface area contributed by atoms with Crippen LogP contribution in [0.1, 0.15) is 56.5 Å². The van der Waals surface area contributed by atoms with E-state index in [1.807, 2.05) is 6.20 Å². The van der Waals surface area contributed by atoms with Crippen molar-refractivity contribution in [1.82, 2.24) is 25.7 Å². The Morgan fingerprint density at radius 3 is 2.50 bits per heavy atom. The molecule has 0 aromatic carbocycles. The molecule has 0 radical (unpaired) electrons.